The third-order valence-corrected chi connectivity index (χ3v) is 17.1. The predicted molar refractivity (Wildman–Crippen MR) is 366 cm³/mol. The Morgan fingerprint density at radius 1 is 0.531 bits per heavy atom. The summed E-state index contributed by atoms with van der Waals surface area (Å²) < 4.78 is 16.4. The standard InChI is InChI=1S/C69H121N11O16/c1-27-29-32-44(13)57(82)56-61(86)72-48(28-2)63(88)74(20)38-52(81)78(24)55(47(16)94-33-30-31-34-95-68(93)96-69(17,18)19)60(85)73-53(42(9)10)66(91)75(21)49(35-39(3)4)59(84)70-45(14)58(83)71-46(15)62(87)76(22)50(36-40(5)6)64(89)77(23)51(37-41(7)8)65(90)79(25)54(43(11)12)67(92)80(56)26/h27,29-31,39-51,53-57,82H,28,32-38H2,1-26H3,(H,70,84)(H,71,83)(H,72,86)(H,73,85)/b29-27+,31-30+/t44-,45+,46-,47-,48+,49+,50+,51+,53+,54+,55+,56+,57-/m1/s1. The first kappa shape index (κ1) is 86.9. The molecule has 1 saturated heterocycles. The van der Waals surface area contributed by atoms with E-state index in [1.54, 1.807) is 81.4 Å². The first-order chi connectivity index (χ1) is 44.3. The van der Waals surface area contributed by atoms with Crippen molar-refractivity contribution in [3.63, 3.8) is 0 Å². The summed E-state index contributed by atoms with van der Waals surface area (Å²) in [6.07, 6.45) is 3.55. The minimum Gasteiger partial charge on any atom is -0.430 e. The number of aliphatic hydroxyl groups is 1. The average Bonchev–Trinajstić information content (AvgIpc) is 0.808. The summed E-state index contributed by atoms with van der Waals surface area (Å²) in [5.41, 5.74) is -0.797. The minimum absolute atomic E-state index is 0.0388. The highest BCUT2D eigenvalue weighted by Gasteiger charge is 2.46. The van der Waals surface area contributed by atoms with Gasteiger partial charge in [-0.05, 0) is 122 Å². The molecule has 11 amide bonds. The van der Waals surface area contributed by atoms with Crippen molar-refractivity contribution in [2.45, 2.75) is 242 Å². The molecule has 548 valence electrons. The molecule has 0 unspecified atom stereocenters. The first-order valence-electron chi connectivity index (χ1n) is 33.8. The van der Waals surface area contributed by atoms with Crippen LogP contribution in [0.5, 0.6) is 0 Å². The fourth-order valence-corrected chi connectivity index (χ4v) is 11.3. The molecule has 0 aromatic carbocycles. The third-order valence-electron chi connectivity index (χ3n) is 17.1. The number of carbonyl (C=O) groups excluding carboxylic acids is 12. The molecule has 0 bridgehead atoms. The molecule has 27 nitrogen and oxygen atoms in total. The van der Waals surface area contributed by atoms with E-state index in [9.17, 15) is 48.3 Å². The lowest BCUT2D eigenvalue weighted by atomic mass is 9.91. The summed E-state index contributed by atoms with van der Waals surface area (Å²) in [6.45, 7) is 31.3. The number of likely N-dealkylation sites (N-methyl/N-ethyl adjacent to an activating group) is 7. The summed E-state index contributed by atoms with van der Waals surface area (Å²) in [5, 5.41) is 23.1. The van der Waals surface area contributed by atoms with Gasteiger partial charge in [0.25, 0.3) is 0 Å². The number of nitrogens with one attached hydrogen (secondary N) is 4. The monoisotopic (exact) mass is 1360 g/mol. The van der Waals surface area contributed by atoms with Crippen LogP contribution < -0.4 is 21.3 Å². The van der Waals surface area contributed by atoms with E-state index in [0.717, 1.165) is 14.7 Å². The Labute approximate surface area is 572 Å². The van der Waals surface area contributed by atoms with Gasteiger partial charge in [-0.3, -0.25) is 52.7 Å². The van der Waals surface area contributed by atoms with E-state index in [4.69, 9.17) is 14.2 Å². The molecule has 1 aliphatic heterocycles. The van der Waals surface area contributed by atoms with Gasteiger partial charge in [0.2, 0.25) is 65.0 Å². The van der Waals surface area contributed by atoms with Crippen LogP contribution in [0.1, 0.15) is 164 Å². The summed E-state index contributed by atoms with van der Waals surface area (Å²) in [5.74, 6) is -10.6. The highest BCUT2D eigenvalue weighted by Crippen LogP contribution is 2.26. The molecule has 0 saturated carbocycles. The SMILES string of the molecule is C/C=C/C[C@@H](C)[C@@H](O)[C@H]1C(=O)N[C@@H](CC)C(=O)N(C)CC(=O)N(C)[C@@H]([C@@H](C)OC/C=C/COC(=O)OC(C)(C)C)C(=O)N[C@@H](C(C)C)C(=O)N(C)[C@@H](CC(C)C)C(=O)N[C@@H](C)C(=O)N[C@H](C)C(=O)N(C)[C@@H](CC(C)C)C(=O)N(C)[C@@H](CC(C)C)C(=O)N(C)[C@@H](C(C)C)C(=O)N1C. The van der Waals surface area contributed by atoms with Crippen LogP contribution in [0.2, 0.25) is 0 Å². The highest BCUT2D eigenvalue weighted by molar-refractivity contribution is 5.99. The van der Waals surface area contributed by atoms with E-state index in [-0.39, 0.29) is 63.1 Å². The number of rotatable bonds is 19. The zero-order chi connectivity index (χ0) is 74.3. The minimum atomic E-state index is -1.66. The van der Waals surface area contributed by atoms with Gasteiger partial charge in [-0.25, -0.2) is 4.79 Å². The molecule has 0 aliphatic carbocycles. The first-order valence-corrected chi connectivity index (χ1v) is 33.8. The van der Waals surface area contributed by atoms with Crippen LogP contribution in [0.4, 0.5) is 4.79 Å². The summed E-state index contributed by atoms with van der Waals surface area (Å²) in [4.78, 5) is 182. The fourth-order valence-electron chi connectivity index (χ4n) is 11.3. The number of amides is 11. The Kier molecular flexibility index (Phi) is 36.1. The number of ether oxygens (including phenoxy) is 3. The number of carbonyl (C=O) groups is 12. The second-order valence-corrected chi connectivity index (χ2v) is 28.7. The predicted octanol–water partition coefficient (Wildman–Crippen LogP) is 4.14. The van der Waals surface area contributed by atoms with Crippen molar-refractivity contribution in [1.29, 1.82) is 0 Å². The van der Waals surface area contributed by atoms with E-state index < -0.39 is 174 Å². The quantitative estimate of drug-likeness (QED) is 0.0896. The van der Waals surface area contributed by atoms with Gasteiger partial charge in [-0.2, -0.15) is 0 Å². The molecule has 27 heteroatoms. The molecule has 96 heavy (non-hydrogen) atoms. The van der Waals surface area contributed by atoms with Crippen LogP contribution in [0.15, 0.2) is 24.3 Å². The zero-order valence-corrected chi connectivity index (χ0v) is 62.6. The van der Waals surface area contributed by atoms with Gasteiger partial charge in [0.15, 0.2) is 0 Å². The Morgan fingerprint density at radius 3 is 1.49 bits per heavy atom. The number of allylic oxidation sites excluding steroid dienone is 2. The summed E-state index contributed by atoms with van der Waals surface area (Å²) in [6, 6.07) is -13.2. The molecule has 1 rings (SSSR count). The van der Waals surface area contributed by atoms with Gasteiger partial charge >= 0.3 is 6.16 Å². The molecule has 5 N–H and O–H groups in total. The van der Waals surface area contributed by atoms with E-state index in [1.807, 2.05) is 41.5 Å². The molecular formula is C69H121N11O16. The van der Waals surface area contributed by atoms with Crippen LogP contribution >= 0.6 is 0 Å². The van der Waals surface area contributed by atoms with Gasteiger partial charge < -0.3 is 74.9 Å². The lowest BCUT2D eigenvalue weighted by Gasteiger charge is -2.41. The van der Waals surface area contributed by atoms with E-state index in [0.29, 0.717) is 0 Å². The maximum Gasteiger partial charge on any atom is 0.509 e. The molecule has 1 aliphatic rings. The van der Waals surface area contributed by atoms with Crippen LogP contribution in [-0.4, -0.2) is 258 Å². The average molecular weight is 1360 g/mol. The normalized spacial score (nSPS) is 25.6. The Balaban J connectivity index is 4.38. The zero-order valence-electron chi connectivity index (χ0n) is 62.6. The van der Waals surface area contributed by atoms with E-state index >= 15 is 14.4 Å². The number of aliphatic hydroxyl groups excluding tert-OH is 1. The van der Waals surface area contributed by atoms with Gasteiger partial charge in [0.1, 0.15) is 72.6 Å². The van der Waals surface area contributed by atoms with Crippen molar-refractivity contribution in [2.24, 2.45) is 35.5 Å². The van der Waals surface area contributed by atoms with Crippen LogP contribution in [-0.2, 0) is 67.0 Å². The topological polar surface area (TPSA) is 324 Å². The molecule has 1 fully saturated rings. The van der Waals surface area contributed by atoms with Gasteiger partial charge in [0.05, 0.1) is 25.4 Å². The van der Waals surface area contributed by atoms with Gasteiger partial charge in [0, 0.05) is 49.3 Å². The van der Waals surface area contributed by atoms with Crippen molar-refractivity contribution in [3.8, 4) is 0 Å². The largest absolute Gasteiger partial charge is 0.509 e. The Bertz CT molecular complexity index is 2690. The molecule has 0 aromatic heterocycles. The van der Waals surface area contributed by atoms with Gasteiger partial charge in [-0.15, -0.1) is 0 Å². The van der Waals surface area contributed by atoms with Crippen molar-refractivity contribution in [1.82, 2.24) is 55.6 Å². The van der Waals surface area contributed by atoms with Crippen molar-refractivity contribution in [3.05, 3.63) is 24.3 Å². The maximum atomic E-state index is 15.2. The second kappa shape index (κ2) is 39.9. The number of hydrogen-bond donors (Lipinski definition) is 5. The maximum absolute atomic E-state index is 15.2. The van der Waals surface area contributed by atoms with Crippen LogP contribution in [0.3, 0.4) is 0 Å². The summed E-state index contributed by atoms with van der Waals surface area (Å²) >= 11 is 0. The second-order valence-electron chi connectivity index (χ2n) is 28.7. The van der Waals surface area contributed by atoms with Gasteiger partial charge in [-0.1, -0.05) is 101 Å². The van der Waals surface area contributed by atoms with Crippen molar-refractivity contribution < 1.29 is 76.9 Å². The molecule has 13 atom stereocenters. The van der Waals surface area contributed by atoms with Crippen molar-refractivity contribution >= 4 is 71.1 Å². The Hall–Kier alpha value is -7.16. The molecule has 0 radical (unpaired) electrons. The summed E-state index contributed by atoms with van der Waals surface area (Å²) in [7, 11) is 9.64. The van der Waals surface area contributed by atoms with Crippen LogP contribution in [0, 0.1) is 35.5 Å². The molecule has 1 heterocycles. The lowest BCUT2D eigenvalue weighted by Crippen LogP contribution is -2.63. The van der Waals surface area contributed by atoms with E-state index in [2.05, 4.69) is 21.3 Å². The number of hydrogen-bond acceptors (Lipinski definition) is 16. The molecule has 0 aromatic rings. The lowest BCUT2D eigenvalue weighted by molar-refractivity contribution is -0.157. The molecular weight excluding hydrogens is 1240 g/mol. The highest BCUT2D eigenvalue weighted by atomic mass is 16.7. The Morgan fingerprint density at radius 2 is 1.00 bits per heavy atom. The van der Waals surface area contributed by atoms with E-state index in [1.165, 1.54) is 102 Å². The smallest absolute Gasteiger partial charge is 0.430 e. The van der Waals surface area contributed by atoms with Crippen molar-refractivity contribution in [2.75, 3.05) is 69.1 Å². The number of nitrogens with zero attached hydrogens (tertiary/aromatic N) is 7. The fraction of sp³-hybridized carbons (Fsp3) is 0.768. The molecule has 0 spiro atoms. The third kappa shape index (κ3) is 26.0. The van der Waals surface area contributed by atoms with Crippen LogP contribution in [0.25, 0.3) is 0 Å².